The molecule has 20 heavy (non-hydrogen) atoms. The van der Waals surface area contributed by atoms with Crippen molar-refractivity contribution < 1.29 is 4.79 Å². The Morgan fingerprint density at radius 2 is 2.20 bits per heavy atom. The zero-order valence-electron chi connectivity index (χ0n) is 11.6. The van der Waals surface area contributed by atoms with E-state index in [1.807, 2.05) is 32.0 Å². The summed E-state index contributed by atoms with van der Waals surface area (Å²) < 4.78 is 1.30. The van der Waals surface area contributed by atoms with E-state index in [0.29, 0.717) is 5.16 Å². The van der Waals surface area contributed by atoms with E-state index in [9.17, 15) is 4.79 Å². The van der Waals surface area contributed by atoms with Crippen LogP contribution in [-0.2, 0) is 4.79 Å². The molecule has 6 nitrogen and oxygen atoms in total. The fourth-order valence-corrected chi connectivity index (χ4v) is 2.39. The Bertz CT molecular complexity index is 625. The Kier molecular flexibility index (Phi) is 4.29. The van der Waals surface area contributed by atoms with Crippen LogP contribution in [0.4, 0.5) is 5.69 Å². The Morgan fingerprint density at radius 3 is 2.85 bits per heavy atom. The van der Waals surface area contributed by atoms with E-state index >= 15 is 0 Å². The van der Waals surface area contributed by atoms with Gasteiger partial charge >= 0.3 is 0 Å². The number of benzene rings is 1. The summed E-state index contributed by atoms with van der Waals surface area (Å²) in [7, 11) is 0. The van der Waals surface area contributed by atoms with E-state index in [4.69, 9.17) is 5.84 Å². The largest absolute Gasteiger partial charge is 0.336 e. The van der Waals surface area contributed by atoms with Crippen molar-refractivity contribution in [2.45, 2.75) is 31.2 Å². The third-order valence-electron chi connectivity index (χ3n) is 3.05. The number of amides is 1. The lowest BCUT2D eigenvalue weighted by molar-refractivity contribution is -0.115. The van der Waals surface area contributed by atoms with E-state index in [1.54, 1.807) is 6.92 Å². The molecule has 0 spiro atoms. The van der Waals surface area contributed by atoms with Crippen molar-refractivity contribution in [3.8, 4) is 0 Å². The summed E-state index contributed by atoms with van der Waals surface area (Å²) in [6.45, 7) is 5.80. The maximum Gasteiger partial charge on any atom is 0.237 e. The number of hydrogen-bond acceptors (Lipinski definition) is 5. The summed E-state index contributed by atoms with van der Waals surface area (Å²) in [4.78, 5) is 12.2. The highest BCUT2D eigenvalue weighted by Gasteiger charge is 2.18. The topological polar surface area (TPSA) is 85.8 Å². The molecule has 1 amide bonds. The lowest BCUT2D eigenvalue weighted by Gasteiger charge is -2.13. The maximum atomic E-state index is 12.2. The molecule has 2 aromatic rings. The fraction of sp³-hybridized carbons (Fsp3) is 0.308. The van der Waals surface area contributed by atoms with Crippen LogP contribution in [0.3, 0.4) is 0 Å². The number of carbonyl (C=O) groups excluding carboxylic acids is 1. The van der Waals surface area contributed by atoms with Gasteiger partial charge in [0.1, 0.15) is 6.33 Å². The monoisotopic (exact) mass is 291 g/mol. The second-order valence-corrected chi connectivity index (χ2v) is 5.83. The number of anilines is 1. The molecular weight excluding hydrogens is 274 g/mol. The Labute approximate surface area is 121 Å². The lowest BCUT2D eigenvalue weighted by atomic mass is 10.1. The van der Waals surface area contributed by atoms with Gasteiger partial charge in [0, 0.05) is 5.69 Å². The van der Waals surface area contributed by atoms with Crippen molar-refractivity contribution in [3.05, 3.63) is 35.7 Å². The van der Waals surface area contributed by atoms with E-state index in [2.05, 4.69) is 15.5 Å². The predicted molar refractivity (Wildman–Crippen MR) is 80.0 cm³/mol. The van der Waals surface area contributed by atoms with Crippen LogP contribution in [0.5, 0.6) is 0 Å². The van der Waals surface area contributed by atoms with Crippen molar-refractivity contribution in [2.24, 2.45) is 0 Å². The standard InChI is InChI=1S/C13H17N5OS/c1-8-5-4-6-11(9(8)2)16-12(19)10(3)20-13-17-15-7-18(13)14/h4-7,10H,14H2,1-3H3,(H,16,19)/t10-/m1/s1. The summed E-state index contributed by atoms with van der Waals surface area (Å²) in [6, 6.07) is 5.83. The summed E-state index contributed by atoms with van der Waals surface area (Å²) in [5.41, 5.74) is 3.04. The van der Waals surface area contributed by atoms with Crippen LogP contribution < -0.4 is 11.2 Å². The van der Waals surface area contributed by atoms with E-state index in [1.165, 1.54) is 22.8 Å². The molecule has 0 bridgehead atoms. The number of nitrogens with two attached hydrogens (primary N) is 1. The van der Waals surface area contributed by atoms with Crippen LogP contribution in [0, 0.1) is 13.8 Å². The Morgan fingerprint density at radius 1 is 1.45 bits per heavy atom. The van der Waals surface area contributed by atoms with Gasteiger partial charge in [-0.3, -0.25) is 4.79 Å². The number of nitrogens with zero attached hydrogens (tertiary/aromatic N) is 3. The molecule has 0 aliphatic rings. The molecular formula is C13H17N5OS. The van der Waals surface area contributed by atoms with Gasteiger partial charge in [0.2, 0.25) is 11.1 Å². The Balaban J connectivity index is 2.04. The molecule has 1 heterocycles. The minimum absolute atomic E-state index is 0.0910. The molecule has 3 N–H and O–H groups in total. The molecule has 1 atom stereocenters. The normalized spacial score (nSPS) is 12.2. The van der Waals surface area contributed by atoms with Crippen LogP contribution in [0.1, 0.15) is 18.1 Å². The van der Waals surface area contributed by atoms with Crippen molar-refractivity contribution in [1.82, 2.24) is 14.9 Å². The molecule has 106 valence electrons. The Hall–Kier alpha value is -2.02. The smallest absolute Gasteiger partial charge is 0.237 e. The summed E-state index contributed by atoms with van der Waals surface area (Å²) in [6.07, 6.45) is 1.40. The van der Waals surface area contributed by atoms with Gasteiger partial charge in [-0.1, -0.05) is 23.9 Å². The molecule has 0 aliphatic carbocycles. The zero-order chi connectivity index (χ0) is 14.7. The first kappa shape index (κ1) is 14.4. The van der Waals surface area contributed by atoms with E-state index in [0.717, 1.165) is 16.8 Å². The quantitative estimate of drug-likeness (QED) is 0.662. The summed E-state index contributed by atoms with van der Waals surface area (Å²) in [5, 5.41) is 10.6. The molecule has 1 aromatic heterocycles. The highest BCUT2D eigenvalue weighted by atomic mass is 32.2. The number of thioether (sulfide) groups is 1. The number of rotatable bonds is 4. The molecule has 2 rings (SSSR count). The first-order valence-electron chi connectivity index (χ1n) is 6.18. The number of aryl methyl sites for hydroxylation is 1. The molecule has 7 heteroatoms. The van der Waals surface area contributed by atoms with E-state index < -0.39 is 0 Å². The number of hydrogen-bond donors (Lipinski definition) is 2. The average molecular weight is 291 g/mol. The lowest BCUT2D eigenvalue weighted by Crippen LogP contribution is -2.24. The van der Waals surface area contributed by atoms with Crippen molar-refractivity contribution in [1.29, 1.82) is 0 Å². The van der Waals surface area contributed by atoms with Crippen LogP contribution in [0.2, 0.25) is 0 Å². The fourth-order valence-electron chi connectivity index (χ4n) is 1.65. The molecule has 0 unspecified atom stereocenters. The number of nitrogen functional groups attached to an aromatic ring is 1. The third-order valence-corrected chi connectivity index (χ3v) is 4.13. The van der Waals surface area contributed by atoms with Crippen LogP contribution in [0.15, 0.2) is 29.7 Å². The van der Waals surface area contributed by atoms with Gasteiger partial charge in [-0.15, -0.1) is 10.2 Å². The van der Waals surface area contributed by atoms with Crippen LogP contribution in [-0.4, -0.2) is 26.0 Å². The SMILES string of the molecule is Cc1cccc(NC(=O)[C@@H](C)Sc2nncn2N)c1C. The summed E-state index contributed by atoms with van der Waals surface area (Å²) in [5.74, 6) is 5.53. The van der Waals surface area contributed by atoms with Gasteiger partial charge in [0.05, 0.1) is 5.25 Å². The van der Waals surface area contributed by atoms with Gasteiger partial charge in [-0.05, 0) is 38.0 Å². The second-order valence-electron chi connectivity index (χ2n) is 4.52. The van der Waals surface area contributed by atoms with Crippen molar-refractivity contribution in [2.75, 3.05) is 11.2 Å². The van der Waals surface area contributed by atoms with Crippen LogP contribution in [0.25, 0.3) is 0 Å². The number of nitrogens with one attached hydrogen (secondary N) is 1. The van der Waals surface area contributed by atoms with E-state index in [-0.39, 0.29) is 11.2 Å². The minimum Gasteiger partial charge on any atom is -0.336 e. The second kappa shape index (κ2) is 5.96. The van der Waals surface area contributed by atoms with Crippen LogP contribution >= 0.6 is 11.8 Å². The molecule has 1 aromatic carbocycles. The van der Waals surface area contributed by atoms with Gasteiger partial charge < -0.3 is 11.2 Å². The van der Waals surface area contributed by atoms with Crippen molar-refractivity contribution >= 4 is 23.4 Å². The maximum absolute atomic E-state index is 12.2. The average Bonchev–Trinajstić information content (AvgIpc) is 2.80. The molecule has 0 fully saturated rings. The van der Waals surface area contributed by atoms with Crippen molar-refractivity contribution in [3.63, 3.8) is 0 Å². The molecule has 0 saturated heterocycles. The highest BCUT2D eigenvalue weighted by molar-refractivity contribution is 8.00. The van der Waals surface area contributed by atoms with Gasteiger partial charge in [-0.2, -0.15) is 0 Å². The van der Waals surface area contributed by atoms with Gasteiger partial charge in [0.15, 0.2) is 0 Å². The molecule has 0 radical (unpaired) electrons. The minimum atomic E-state index is -0.318. The summed E-state index contributed by atoms with van der Waals surface area (Å²) >= 11 is 1.27. The predicted octanol–water partition coefficient (Wildman–Crippen LogP) is 1.73. The third kappa shape index (κ3) is 3.11. The van der Waals surface area contributed by atoms with Gasteiger partial charge in [-0.25, -0.2) is 4.68 Å². The first-order valence-corrected chi connectivity index (χ1v) is 7.06. The van der Waals surface area contributed by atoms with Gasteiger partial charge in [0.25, 0.3) is 0 Å². The molecule has 0 aliphatic heterocycles. The highest BCUT2D eigenvalue weighted by Crippen LogP contribution is 2.23. The molecule has 0 saturated carbocycles. The first-order chi connectivity index (χ1) is 9.49. The zero-order valence-corrected chi connectivity index (χ0v) is 12.4. The number of carbonyl (C=O) groups is 1. The number of aromatic nitrogens is 3.